The second-order valence-electron chi connectivity index (χ2n) is 2.67. The molecule has 0 saturated heterocycles. The van der Waals surface area contributed by atoms with Crippen molar-refractivity contribution in [1.82, 2.24) is 0 Å². The molecule has 0 bridgehead atoms. The lowest BCUT2D eigenvalue weighted by molar-refractivity contribution is -0.384. The molecule has 0 aliphatic rings. The van der Waals surface area contributed by atoms with E-state index < -0.39 is 4.92 Å². The van der Waals surface area contributed by atoms with E-state index in [-0.39, 0.29) is 5.69 Å². The van der Waals surface area contributed by atoms with Gasteiger partial charge in [-0.1, -0.05) is 12.1 Å². The monoisotopic (exact) mass is 178 g/mol. The molecule has 0 aliphatic carbocycles. The summed E-state index contributed by atoms with van der Waals surface area (Å²) in [6, 6.07) is 6.51. The Morgan fingerprint density at radius 1 is 1.54 bits per heavy atom. The summed E-state index contributed by atoms with van der Waals surface area (Å²) in [6.45, 7) is 0. The zero-order valence-electron chi connectivity index (χ0n) is 7.06. The summed E-state index contributed by atoms with van der Waals surface area (Å²) < 4.78 is 0. The highest BCUT2D eigenvalue weighted by Gasteiger charge is 2.04. The quantitative estimate of drug-likeness (QED) is 0.436. The van der Waals surface area contributed by atoms with E-state index in [4.69, 9.17) is 5.41 Å². The number of nitro groups is 1. The largest absolute Gasteiger partial charge is 0.313 e. The maximum atomic E-state index is 10.4. The molecule has 0 amide bonds. The van der Waals surface area contributed by atoms with Gasteiger partial charge in [-0.2, -0.15) is 0 Å². The van der Waals surface area contributed by atoms with Crippen LogP contribution in [0, 0.1) is 15.5 Å². The van der Waals surface area contributed by atoms with Crippen LogP contribution in [0.4, 0.5) is 5.69 Å². The summed E-state index contributed by atoms with van der Waals surface area (Å²) in [6.07, 6.45) is 2.62. The smallest absolute Gasteiger partial charge is 0.269 e. The van der Waals surface area contributed by atoms with E-state index in [1.165, 1.54) is 12.3 Å². The average Bonchev–Trinajstić information content (AvgIpc) is 2.15. The lowest BCUT2D eigenvalue weighted by Crippen LogP contribution is -1.90. The van der Waals surface area contributed by atoms with Gasteiger partial charge in [-0.15, -0.1) is 0 Å². The van der Waals surface area contributed by atoms with E-state index >= 15 is 0 Å². The average molecular weight is 178 g/mol. The van der Waals surface area contributed by atoms with Gasteiger partial charge < -0.3 is 5.41 Å². The van der Waals surface area contributed by atoms with Crippen molar-refractivity contribution in [3.05, 3.63) is 39.9 Å². The Morgan fingerprint density at radius 3 is 2.92 bits per heavy atom. The van der Waals surface area contributed by atoms with Crippen LogP contribution in [-0.2, 0) is 6.42 Å². The zero-order valence-corrected chi connectivity index (χ0v) is 7.06. The second kappa shape index (κ2) is 4.35. The minimum Gasteiger partial charge on any atom is -0.313 e. The van der Waals surface area contributed by atoms with Gasteiger partial charge in [0.05, 0.1) is 4.92 Å². The van der Waals surface area contributed by atoms with Crippen molar-refractivity contribution < 1.29 is 4.92 Å². The summed E-state index contributed by atoms with van der Waals surface area (Å²) in [5.74, 6) is 0. The van der Waals surface area contributed by atoms with Crippen LogP contribution in [0.1, 0.15) is 12.0 Å². The molecular weight excluding hydrogens is 168 g/mol. The van der Waals surface area contributed by atoms with Crippen LogP contribution in [-0.4, -0.2) is 11.1 Å². The van der Waals surface area contributed by atoms with Crippen molar-refractivity contribution >= 4 is 11.9 Å². The molecule has 0 saturated carbocycles. The number of rotatable bonds is 4. The number of hydrogen-bond acceptors (Lipinski definition) is 3. The van der Waals surface area contributed by atoms with Crippen molar-refractivity contribution in [2.75, 3.05) is 0 Å². The molecule has 1 N–H and O–H groups in total. The van der Waals surface area contributed by atoms with Crippen LogP contribution < -0.4 is 0 Å². The highest BCUT2D eigenvalue weighted by atomic mass is 16.6. The number of benzene rings is 1. The first-order chi connectivity index (χ1) is 6.24. The molecule has 0 aliphatic heterocycles. The molecule has 1 rings (SSSR count). The summed E-state index contributed by atoms with van der Waals surface area (Å²) >= 11 is 0. The molecule has 4 heteroatoms. The van der Waals surface area contributed by atoms with Crippen molar-refractivity contribution in [1.29, 1.82) is 5.41 Å². The molecule has 68 valence electrons. The van der Waals surface area contributed by atoms with Gasteiger partial charge in [-0.3, -0.25) is 10.1 Å². The van der Waals surface area contributed by atoms with E-state index in [1.807, 2.05) is 6.07 Å². The van der Waals surface area contributed by atoms with Crippen molar-refractivity contribution in [2.24, 2.45) is 0 Å². The van der Waals surface area contributed by atoms with Gasteiger partial charge in [-0.25, -0.2) is 0 Å². The molecule has 0 spiro atoms. The van der Waals surface area contributed by atoms with Gasteiger partial charge in [0.25, 0.3) is 5.69 Å². The van der Waals surface area contributed by atoms with Crippen LogP contribution in [0.3, 0.4) is 0 Å². The third-order valence-corrected chi connectivity index (χ3v) is 1.70. The van der Waals surface area contributed by atoms with Gasteiger partial charge in [0.1, 0.15) is 0 Å². The number of non-ortho nitro benzene ring substituents is 1. The first kappa shape index (κ1) is 9.38. The first-order valence-corrected chi connectivity index (χ1v) is 3.96. The van der Waals surface area contributed by atoms with E-state index in [9.17, 15) is 10.1 Å². The molecule has 4 nitrogen and oxygen atoms in total. The normalized spacial score (nSPS) is 9.54. The van der Waals surface area contributed by atoms with Gasteiger partial charge >= 0.3 is 0 Å². The molecule has 1 aromatic carbocycles. The maximum absolute atomic E-state index is 10.4. The maximum Gasteiger partial charge on any atom is 0.269 e. The Bertz CT molecular complexity index is 323. The fraction of sp³-hybridized carbons (Fsp3) is 0.222. The first-order valence-electron chi connectivity index (χ1n) is 3.96. The van der Waals surface area contributed by atoms with Crippen molar-refractivity contribution in [3.8, 4) is 0 Å². The van der Waals surface area contributed by atoms with Gasteiger partial charge in [0.2, 0.25) is 0 Å². The highest BCUT2D eigenvalue weighted by Crippen LogP contribution is 2.13. The topological polar surface area (TPSA) is 67.0 Å². The molecule has 0 fully saturated rings. The number of nitro benzene ring substituents is 1. The molecule has 0 unspecified atom stereocenters. The van der Waals surface area contributed by atoms with Crippen molar-refractivity contribution in [3.63, 3.8) is 0 Å². The summed E-state index contributed by atoms with van der Waals surface area (Å²) in [5.41, 5.74) is 1.01. The minimum atomic E-state index is -0.409. The second-order valence-corrected chi connectivity index (χ2v) is 2.67. The standard InChI is InChI=1S/C9H10N2O2/c10-6-2-4-8-3-1-5-9(7-8)11(12)13/h1,3,5-7,10H,2,4H2. The number of nitrogens with zero attached hydrogens (tertiary/aromatic N) is 1. The van der Waals surface area contributed by atoms with E-state index in [1.54, 1.807) is 12.1 Å². The van der Waals surface area contributed by atoms with E-state index in [0.717, 1.165) is 5.56 Å². The minimum absolute atomic E-state index is 0.113. The fourth-order valence-corrected chi connectivity index (χ4v) is 1.06. The van der Waals surface area contributed by atoms with Crippen LogP contribution in [0.5, 0.6) is 0 Å². The molecule has 0 radical (unpaired) electrons. The molecule has 0 atom stereocenters. The Morgan fingerprint density at radius 2 is 2.31 bits per heavy atom. The molecule has 13 heavy (non-hydrogen) atoms. The van der Waals surface area contributed by atoms with Gasteiger partial charge in [0.15, 0.2) is 0 Å². The Balaban J connectivity index is 2.79. The third-order valence-electron chi connectivity index (χ3n) is 1.70. The van der Waals surface area contributed by atoms with Crippen LogP contribution in [0.25, 0.3) is 0 Å². The molecule has 0 heterocycles. The van der Waals surface area contributed by atoms with Gasteiger partial charge in [-0.05, 0) is 24.6 Å². The Hall–Kier alpha value is -1.71. The summed E-state index contributed by atoms with van der Waals surface area (Å²) in [5, 5.41) is 17.2. The van der Waals surface area contributed by atoms with Gasteiger partial charge in [0, 0.05) is 12.1 Å². The van der Waals surface area contributed by atoms with Crippen LogP contribution in [0.15, 0.2) is 24.3 Å². The van der Waals surface area contributed by atoms with Crippen molar-refractivity contribution in [2.45, 2.75) is 12.8 Å². The highest BCUT2D eigenvalue weighted by molar-refractivity contribution is 5.53. The van der Waals surface area contributed by atoms with E-state index in [0.29, 0.717) is 12.8 Å². The van der Waals surface area contributed by atoms with E-state index in [2.05, 4.69) is 0 Å². The fourth-order valence-electron chi connectivity index (χ4n) is 1.06. The predicted octanol–water partition coefficient (Wildman–Crippen LogP) is 2.18. The third kappa shape index (κ3) is 2.66. The Labute approximate surface area is 75.9 Å². The summed E-state index contributed by atoms with van der Waals surface area (Å²) in [4.78, 5) is 9.98. The lowest BCUT2D eigenvalue weighted by Gasteiger charge is -1.97. The summed E-state index contributed by atoms with van der Waals surface area (Å²) in [7, 11) is 0. The Kier molecular flexibility index (Phi) is 3.14. The number of hydrogen-bond donors (Lipinski definition) is 1. The van der Waals surface area contributed by atoms with Crippen LogP contribution in [0.2, 0.25) is 0 Å². The molecule has 0 aromatic heterocycles. The predicted molar refractivity (Wildman–Crippen MR) is 50.2 cm³/mol. The molecule has 1 aromatic rings. The SMILES string of the molecule is N=CCCc1cccc([N+](=O)[O-])c1. The van der Waals surface area contributed by atoms with Crippen LogP contribution >= 0.6 is 0 Å². The zero-order chi connectivity index (χ0) is 9.68. The lowest BCUT2D eigenvalue weighted by atomic mass is 10.1. The number of nitrogens with one attached hydrogen (secondary N) is 1. The molecular formula is C9H10N2O2. The number of aryl methyl sites for hydroxylation is 1.